The Hall–Kier alpha value is -0.600. The molecule has 0 aliphatic heterocycles. The summed E-state index contributed by atoms with van der Waals surface area (Å²) in [6.45, 7) is 6.57. The molecule has 1 atom stereocenters. The van der Waals surface area contributed by atoms with Gasteiger partial charge in [-0.2, -0.15) is 0 Å². The highest BCUT2D eigenvalue weighted by atomic mass is 79.9. The van der Waals surface area contributed by atoms with Gasteiger partial charge in [-0.25, -0.2) is 0 Å². The average molecular weight is 323 g/mol. The van der Waals surface area contributed by atoms with E-state index in [0.717, 1.165) is 12.8 Å². The summed E-state index contributed by atoms with van der Waals surface area (Å²) in [5.74, 6) is 0. The highest BCUT2D eigenvalue weighted by Gasteiger charge is 2.13. The van der Waals surface area contributed by atoms with Crippen molar-refractivity contribution in [3.05, 3.63) is 56.8 Å². The summed E-state index contributed by atoms with van der Waals surface area (Å²) >= 11 is 5.71. The van der Waals surface area contributed by atoms with Crippen LogP contribution in [0, 0.1) is 13.8 Å². The Balaban J connectivity index is 2.16. The van der Waals surface area contributed by atoms with Gasteiger partial charge in [0.15, 0.2) is 0 Å². The van der Waals surface area contributed by atoms with Gasteiger partial charge < -0.3 is 0 Å². The topological polar surface area (TPSA) is 0 Å². The molecular weight excluding hydrogens is 304 g/mol. The van der Waals surface area contributed by atoms with Crippen LogP contribution in [0.15, 0.2) is 29.6 Å². The lowest BCUT2D eigenvalue weighted by atomic mass is 10.0. The summed E-state index contributed by atoms with van der Waals surface area (Å²) in [5, 5.41) is 2.20. The number of thiophene rings is 1. The fourth-order valence-corrected chi connectivity index (χ4v) is 4.11. The van der Waals surface area contributed by atoms with Crippen LogP contribution in [0.2, 0.25) is 0 Å². The van der Waals surface area contributed by atoms with E-state index in [1.165, 1.54) is 27.1 Å². The Labute approximate surface area is 122 Å². The van der Waals surface area contributed by atoms with E-state index in [0.29, 0.717) is 4.83 Å². The zero-order valence-electron chi connectivity index (χ0n) is 11.2. The van der Waals surface area contributed by atoms with Crippen LogP contribution in [0.1, 0.15) is 38.9 Å². The first kappa shape index (κ1) is 13.8. The third kappa shape index (κ3) is 3.04. The van der Waals surface area contributed by atoms with Gasteiger partial charge in [-0.05, 0) is 60.4 Å². The number of aryl methyl sites for hydroxylation is 3. The molecule has 1 heterocycles. The van der Waals surface area contributed by atoms with E-state index >= 15 is 0 Å². The van der Waals surface area contributed by atoms with Gasteiger partial charge in [-0.3, -0.25) is 0 Å². The first-order valence-corrected chi connectivity index (χ1v) is 8.17. The predicted octanol–water partition coefficient (Wildman–Crippen LogP) is 5.61. The zero-order chi connectivity index (χ0) is 13.1. The van der Waals surface area contributed by atoms with Crippen molar-refractivity contribution in [1.82, 2.24) is 0 Å². The Morgan fingerprint density at radius 2 is 1.94 bits per heavy atom. The minimum atomic E-state index is 0.439. The number of rotatable bonds is 4. The number of benzene rings is 1. The average Bonchev–Trinajstić information content (AvgIpc) is 2.82. The Morgan fingerprint density at radius 1 is 1.17 bits per heavy atom. The first-order chi connectivity index (χ1) is 8.61. The molecule has 1 aromatic heterocycles. The van der Waals surface area contributed by atoms with Gasteiger partial charge in [0.1, 0.15) is 0 Å². The molecule has 0 amide bonds. The minimum absolute atomic E-state index is 0.439. The van der Waals surface area contributed by atoms with Crippen LogP contribution in [0.4, 0.5) is 0 Å². The molecule has 0 nitrogen and oxygen atoms in total. The maximum absolute atomic E-state index is 3.85. The van der Waals surface area contributed by atoms with Gasteiger partial charge in [0.05, 0.1) is 4.83 Å². The largest absolute Gasteiger partial charge is 0.147 e. The molecule has 0 fully saturated rings. The minimum Gasteiger partial charge on any atom is -0.147 e. The molecule has 0 radical (unpaired) electrons. The first-order valence-electron chi connectivity index (χ1n) is 6.38. The molecule has 2 aromatic rings. The SMILES string of the molecule is CCc1ccsc1C(Br)Cc1ccc(C)c(C)c1. The van der Waals surface area contributed by atoms with Crippen molar-refractivity contribution in [2.45, 2.75) is 38.4 Å². The second-order valence-corrected chi connectivity index (χ2v) is 6.81. The van der Waals surface area contributed by atoms with Gasteiger partial charge >= 0.3 is 0 Å². The number of alkyl halides is 1. The molecule has 1 unspecified atom stereocenters. The number of halogens is 1. The van der Waals surface area contributed by atoms with Crippen LogP contribution < -0.4 is 0 Å². The molecule has 0 spiro atoms. The molecular formula is C16H19BrS. The summed E-state index contributed by atoms with van der Waals surface area (Å²) in [6.07, 6.45) is 2.18. The van der Waals surface area contributed by atoms with E-state index in [1.807, 2.05) is 11.3 Å². The maximum atomic E-state index is 3.85. The van der Waals surface area contributed by atoms with E-state index in [4.69, 9.17) is 0 Å². The normalized spacial score (nSPS) is 12.7. The molecule has 18 heavy (non-hydrogen) atoms. The molecule has 0 aliphatic rings. The van der Waals surface area contributed by atoms with Crippen LogP contribution in [0.25, 0.3) is 0 Å². The van der Waals surface area contributed by atoms with Gasteiger partial charge in [0.2, 0.25) is 0 Å². The Morgan fingerprint density at radius 3 is 2.61 bits per heavy atom. The van der Waals surface area contributed by atoms with Crippen LogP contribution in [0.5, 0.6) is 0 Å². The van der Waals surface area contributed by atoms with Gasteiger partial charge in [0, 0.05) is 4.88 Å². The lowest BCUT2D eigenvalue weighted by Gasteiger charge is -2.11. The molecule has 0 bridgehead atoms. The van der Waals surface area contributed by atoms with Gasteiger partial charge in [-0.1, -0.05) is 41.1 Å². The Kier molecular flexibility index (Phi) is 4.63. The molecule has 0 aliphatic carbocycles. The summed E-state index contributed by atoms with van der Waals surface area (Å²) < 4.78 is 0. The highest BCUT2D eigenvalue weighted by Crippen LogP contribution is 2.34. The molecule has 0 N–H and O–H groups in total. The Bertz CT molecular complexity index is 528. The van der Waals surface area contributed by atoms with Gasteiger partial charge in [0.25, 0.3) is 0 Å². The van der Waals surface area contributed by atoms with Crippen LogP contribution >= 0.6 is 27.3 Å². The van der Waals surface area contributed by atoms with Gasteiger partial charge in [-0.15, -0.1) is 11.3 Å². The van der Waals surface area contributed by atoms with E-state index in [-0.39, 0.29) is 0 Å². The van der Waals surface area contributed by atoms with Crippen LogP contribution in [0.3, 0.4) is 0 Å². The second kappa shape index (κ2) is 6.03. The van der Waals surface area contributed by atoms with Crippen molar-refractivity contribution in [3.63, 3.8) is 0 Å². The lowest BCUT2D eigenvalue weighted by molar-refractivity contribution is 0.942. The smallest absolute Gasteiger partial charge is 0.0532 e. The highest BCUT2D eigenvalue weighted by molar-refractivity contribution is 9.09. The zero-order valence-corrected chi connectivity index (χ0v) is 13.6. The van der Waals surface area contributed by atoms with Crippen molar-refractivity contribution in [1.29, 1.82) is 0 Å². The summed E-state index contributed by atoms with van der Waals surface area (Å²) in [5.41, 5.74) is 5.64. The fraction of sp³-hybridized carbons (Fsp3) is 0.375. The molecule has 0 saturated carbocycles. The molecule has 2 rings (SSSR count). The van der Waals surface area contributed by atoms with E-state index in [9.17, 15) is 0 Å². The van der Waals surface area contributed by atoms with Crippen molar-refractivity contribution in [3.8, 4) is 0 Å². The van der Waals surface area contributed by atoms with Crippen molar-refractivity contribution in [2.75, 3.05) is 0 Å². The van der Waals surface area contributed by atoms with Crippen molar-refractivity contribution >= 4 is 27.3 Å². The predicted molar refractivity (Wildman–Crippen MR) is 85.0 cm³/mol. The molecule has 1 aromatic carbocycles. The molecule has 0 saturated heterocycles. The fourth-order valence-electron chi connectivity index (χ4n) is 2.14. The van der Waals surface area contributed by atoms with Crippen molar-refractivity contribution < 1.29 is 0 Å². The number of hydrogen-bond donors (Lipinski definition) is 0. The standard InChI is InChI=1S/C16H19BrS/c1-4-14-7-8-18-16(14)15(17)10-13-6-5-11(2)12(3)9-13/h5-9,15H,4,10H2,1-3H3. The summed E-state index contributed by atoms with van der Waals surface area (Å²) in [7, 11) is 0. The second-order valence-electron chi connectivity index (χ2n) is 4.75. The lowest BCUT2D eigenvalue weighted by Crippen LogP contribution is -1.97. The monoisotopic (exact) mass is 322 g/mol. The van der Waals surface area contributed by atoms with Crippen molar-refractivity contribution in [2.24, 2.45) is 0 Å². The van der Waals surface area contributed by atoms with E-state index < -0.39 is 0 Å². The third-order valence-corrected chi connectivity index (χ3v) is 5.59. The van der Waals surface area contributed by atoms with Crippen LogP contribution in [-0.4, -0.2) is 0 Å². The summed E-state index contributed by atoms with van der Waals surface area (Å²) in [4.78, 5) is 1.92. The molecule has 2 heteroatoms. The molecule has 96 valence electrons. The van der Waals surface area contributed by atoms with E-state index in [1.54, 1.807) is 0 Å². The quantitative estimate of drug-likeness (QED) is 0.642. The van der Waals surface area contributed by atoms with Crippen LogP contribution in [-0.2, 0) is 12.8 Å². The maximum Gasteiger partial charge on any atom is 0.0532 e. The number of hydrogen-bond acceptors (Lipinski definition) is 1. The third-order valence-electron chi connectivity index (χ3n) is 3.43. The summed E-state index contributed by atoms with van der Waals surface area (Å²) in [6, 6.07) is 9.02. The van der Waals surface area contributed by atoms with E-state index in [2.05, 4.69) is 66.3 Å².